The number of hydrogen-bond donors (Lipinski definition) is 2. The molecule has 11 heteroatoms. The number of imide groups is 1. The fourth-order valence-corrected chi connectivity index (χ4v) is 13.2. The standard InChI is InChI=1S/C39H40N2O8Si/c1-38(2,3)50(28-15-6-4-7-16-28,29-17-8-5-9-18-29)48-24-25-21-31-35(32-23-34(49-39(25,32)45)30-19-10-11-20-33(30)42)37(44)40(36(31)43)26-13-12-14-27(22-26)41(46)47/h4-20,22,25,31-32,34-35,42,45H,21,23-24H2,1-3H3/t25-,31+,32+,34+,35+,39-/m1/s1. The first-order valence-electron chi connectivity index (χ1n) is 16.9. The number of amides is 2. The van der Waals surface area contributed by atoms with Gasteiger partial charge in [0.05, 0.1) is 28.6 Å². The van der Waals surface area contributed by atoms with Crippen LogP contribution in [0.15, 0.2) is 109 Å². The van der Waals surface area contributed by atoms with Crippen LogP contribution in [0.25, 0.3) is 0 Å². The summed E-state index contributed by atoms with van der Waals surface area (Å²) in [5, 5.41) is 36.8. The molecule has 258 valence electrons. The maximum atomic E-state index is 14.2. The summed E-state index contributed by atoms with van der Waals surface area (Å²) in [6.45, 7) is 6.51. The van der Waals surface area contributed by atoms with Crippen LogP contribution in [0.2, 0.25) is 5.04 Å². The number of phenols is 1. The van der Waals surface area contributed by atoms with Crippen molar-refractivity contribution in [3.05, 3.63) is 125 Å². The number of nitrogens with zero attached hydrogens (tertiary/aromatic N) is 2. The van der Waals surface area contributed by atoms with Gasteiger partial charge in [-0.1, -0.05) is 106 Å². The van der Waals surface area contributed by atoms with Crippen molar-refractivity contribution in [3.63, 3.8) is 0 Å². The molecular weight excluding hydrogens is 653 g/mol. The van der Waals surface area contributed by atoms with Crippen LogP contribution < -0.4 is 15.3 Å². The number of aromatic hydroxyl groups is 1. The molecular formula is C39H40N2O8Si. The van der Waals surface area contributed by atoms with Gasteiger partial charge in [0.1, 0.15) is 5.75 Å². The number of carbonyl (C=O) groups excluding carboxylic acids is 2. The molecule has 1 aliphatic carbocycles. The van der Waals surface area contributed by atoms with Gasteiger partial charge in [-0.25, -0.2) is 4.90 Å². The number of para-hydroxylation sites is 1. The quantitative estimate of drug-likeness (QED) is 0.107. The van der Waals surface area contributed by atoms with Gasteiger partial charge in [-0.05, 0) is 40.4 Å². The van der Waals surface area contributed by atoms with Gasteiger partial charge >= 0.3 is 0 Å². The third kappa shape index (κ3) is 5.36. The lowest BCUT2D eigenvalue weighted by molar-refractivity contribution is -0.384. The van der Waals surface area contributed by atoms with Gasteiger partial charge in [-0.2, -0.15) is 0 Å². The first-order valence-corrected chi connectivity index (χ1v) is 18.8. The molecule has 6 atom stereocenters. The lowest BCUT2D eigenvalue weighted by Crippen LogP contribution is -2.67. The first kappa shape index (κ1) is 33.8. The van der Waals surface area contributed by atoms with E-state index in [2.05, 4.69) is 45.0 Å². The highest BCUT2D eigenvalue weighted by molar-refractivity contribution is 6.99. The van der Waals surface area contributed by atoms with Crippen LogP contribution in [0.1, 0.15) is 45.3 Å². The Morgan fingerprint density at radius 1 is 0.900 bits per heavy atom. The predicted molar refractivity (Wildman–Crippen MR) is 189 cm³/mol. The largest absolute Gasteiger partial charge is 0.508 e. The molecule has 10 nitrogen and oxygen atoms in total. The van der Waals surface area contributed by atoms with Gasteiger partial charge in [-0.15, -0.1) is 0 Å². The highest BCUT2D eigenvalue weighted by Crippen LogP contribution is 2.59. The minimum atomic E-state index is -3.08. The van der Waals surface area contributed by atoms with Gasteiger partial charge in [0, 0.05) is 36.1 Å². The Morgan fingerprint density at radius 3 is 2.12 bits per heavy atom. The number of fused-ring (bicyclic) bond motifs is 3. The molecule has 0 aromatic heterocycles. The van der Waals surface area contributed by atoms with Gasteiger partial charge < -0.3 is 19.4 Å². The Labute approximate surface area is 291 Å². The zero-order valence-electron chi connectivity index (χ0n) is 28.1. The predicted octanol–water partition coefficient (Wildman–Crippen LogP) is 5.47. The molecule has 2 heterocycles. The van der Waals surface area contributed by atoms with E-state index in [0.29, 0.717) is 5.56 Å². The van der Waals surface area contributed by atoms with Gasteiger partial charge in [0.25, 0.3) is 14.0 Å². The Balaban J connectivity index is 1.31. The molecule has 7 rings (SSSR count). The molecule has 0 radical (unpaired) electrons. The van der Waals surface area contributed by atoms with Gasteiger partial charge in [0.2, 0.25) is 11.8 Å². The van der Waals surface area contributed by atoms with E-state index in [1.54, 1.807) is 24.3 Å². The van der Waals surface area contributed by atoms with Crippen LogP contribution in [0, 0.1) is 33.8 Å². The second kappa shape index (κ2) is 12.6. The summed E-state index contributed by atoms with van der Waals surface area (Å²) >= 11 is 0. The van der Waals surface area contributed by atoms with Crippen molar-refractivity contribution in [3.8, 4) is 5.75 Å². The third-order valence-electron chi connectivity index (χ3n) is 10.9. The number of carbonyl (C=O) groups is 2. The van der Waals surface area contributed by atoms with Crippen LogP contribution in [0.5, 0.6) is 5.75 Å². The summed E-state index contributed by atoms with van der Waals surface area (Å²) < 4.78 is 13.8. The highest BCUT2D eigenvalue weighted by atomic mass is 28.4. The summed E-state index contributed by atoms with van der Waals surface area (Å²) in [6.07, 6.45) is -0.485. The summed E-state index contributed by atoms with van der Waals surface area (Å²) in [4.78, 5) is 40.5. The molecule has 1 saturated carbocycles. The van der Waals surface area contributed by atoms with Gasteiger partial charge in [-0.3, -0.25) is 19.7 Å². The molecule has 2 N–H and O–H groups in total. The number of rotatable bonds is 8. The number of aliphatic hydroxyl groups is 1. The summed E-state index contributed by atoms with van der Waals surface area (Å²) in [5.41, 5.74) is 0.351. The Kier molecular flexibility index (Phi) is 8.50. The van der Waals surface area contributed by atoms with E-state index in [4.69, 9.17) is 9.16 Å². The van der Waals surface area contributed by atoms with Crippen LogP contribution >= 0.6 is 0 Å². The summed E-state index contributed by atoms with van der Waals surface area (Å²) in [5.74, 6) is -6.18. The van der Waals surface area contributed by atoms with E-state index < -0.39 is 60.6 Å². The highest BCUT2D eigenvalue weighted by Gasteiger charge is 2.67. The van der Waals surface area contributed by atoms with E-state index >= 15 is 0 Å². The first-order chi connectivity index (χ1) is 23.9. The zero-order chi connectivity index (χ0) is 35.4. The van der Waals surface area contributed by atoms with Crippen molar-refractivity contribution in [2.45, 2.75) is 50.5 Å². The fraction of sp³-hybridized carbons (Fsp3) is 0.333. The van der Waals surface area contributed by atoms with E-state index in [1.165, 1.54) is 24.3 Å². The number of hydrogen-bond acceptors (Lipinski definition) is 8. The van der Waals surface area contributed by atoms with Crippen molar-refractivity contribution < 1.29 is 33.9 Å². The molecule has 0 unspecified atom stereocenters. The van der Waals surface area contributed by atoms with E-state index in [1.807, 2.05) is 36.4 Å². The number of nitro benzene ring substituents is 1. The number of ether oxygens (including phenoxy) is 1. The molecule has 2 amide bonds. The molecule has 2 saturated heterocycles. The maximum Gasteiger partial charge on any atom is 0.271 e. The number of anilines is 1. The lowest BCUT2D eigenvalue weighted by Gasteiger charge is -2.48. The van der Waals surface area contributed by atoms with Crippen molar-refractivity contribution in [1.29, 1.82) is 0 Å². The van der Waals surface area contributed by atoms with Crippen molar-refractivity contribution in [1.82, 2.24) is 0 Å². The second-order valence-corrected chi connectivity index (χ2v) is 18.9. The Morgan fingerprint density at radius 2 is 1.52 bits per heavy atom. The number of phenolic OH excluding ortho intramolecular Hbond substituents is 1. The average molecular weight is 693 g/mol. The number of nitro groups is 1. The molecule has 3 fully saturated rings. The molecule has 0 bridgehead atoms. The molecule has 2 aliphatic heterocycles. The second-order valence-electron chi connectivity index (χ2n) is 14.6. The zero-order valence-corrected chi connectivity index (χ0v) is 29.1. The third-order valence-corrected chi connectivity index (χ3v) is 15.9. The van der Waals surface area contributed by atoms with Crippen LogP contribution in [-0.4, -0.2) is 47.7 Å². The average Bonchev–Trinajstić information content (AvgIpc) is 3.58. The molecule has 0 spiro atoms. The van der Waals surface area contributed by atoms with Crippen molar-refractivity contribution in [2.24, 2.45) is 23.7 Å². The smallest absolute Gasteiger partial charge is 0.271 e. The van der Waals surface area contributed by atoms with Crippen LogP contribution in [0.4, 0.5) is 11.4 Å². The molecule has 3 aliphatic rings. The summed E-state index contributed by atoms with van der Waals surface area (Å²) in [6, 6.07) is 32.4. The Hall–Kier alpha value is -4.68. The molecule has 50 heavy (non-hydrogen) atoms. The number of benzene rings is 4. The van der Waals surface area contributed by atoms with E-state index in [-0.39, 0.29) is 41.6 Å². The maximum absolute atomic E-state index is 14.2. The minimum absolute atomic E-state index is 0.00320. The van der Waals surface area contributed by atoms with Crippen molar-refractivity contribution >= 4 is 41.9 Å². The molecule has 4 aromatic carbocycles. The summed E-state index contributed by atoms with van der Waals surface area (Å²) in [7, 11) is -3.08. The lowest BCUT2D eigenvalue weighted by atomic mass is 9.64. The van der Waals surface area contributed by atoms with Gasteiger partial charge in [0.15, 0.2) is 5.79 Å². The molecule has 4 aromatic rings. The normalized spacial score (nSPS) is 26.5. The van der Waals surface area contributed by atoms with Crippen LogP contribution in [-0.2, 0) is 18.8 Å². The van der Waals surface area contributed by atoms with E-state index in [0.717, 1.165) is 15.3 Å². The SMILES string of the molecule is CC(C)(C)[Si](OC[C@H]1C[C@@H]2C(=O)N(c3cccc([N+](=O)[O-])c3)C(=O)[C@@H]2[C@@H]2C[C@@H](c3ccccc3O)O[C@]12O)(c1ccccc1)c1ccccc1. The van der Waals surface area contributed by atoms with E-state index in [9.17, 15) is 29.9 Å². The van der Waals surface area contributed by atoms with Crippen molar-refractivity contribution in [2.75, 3.05) is 11.5 Å². The topological polar surface area (TPSA) is 139 Å². The number of non-ortho nitro benzene ring substituents is 1. The fourth-order valence-electron chi connectivity index (χ4n) is 8.62. The van der Waals surface area contributed by atoms with Crippen LogP contribution in [0.3, 0.4) is 0 Å². The monoisotopic (exact) mass is 692 g/mol. The minimum Gasteiger partial charge on any atom is -0.508 e. The Bertz CT molecular complexity index is 1890.